The van der Waals surface area contributed by atoms with Crippen LogP contribution in [0.5, 0.6) is 0 Å². The minimum atomic E-state index is -0.368. The first-order valence-corrected chi connectivity index (χ1v) is 15.4. The van der Waals surface area contributed by atoms with Crippen LogP contribution in [-0.2, 0) is 5.41 Å². The lowest BCUT2D eigenvalue weighted by atomic mass is 9.70. The van der Waals surface area contributed by atoms with Crippen molar-refractivity contribution in [2.24, 2.45) is 0 Å². The van der Waals surface area contributed by atoms with Gasteiger partial charge in [-0.15, -0.1) is 0 Å². The Kier molecular flexibility index (Phi) is 4.71. The molecule has 0 heterocycles. The molecule has 44 heavy (non-hydrogen) atoms. The van der Waals surface area contributed by atoms with E-state index in [2.05, 4.69) is 169 Å². The second-order valence-electron chi connectivity index (χ2n) is 12.0. The van der Waals surface area contributed by atoms with Gasteiger partial charge in [0.2, 0.25) is 0 Å². The van der Waals surface area contributed by atoms with Gasteiger partial charge in [0.25, 0.3) is 0 Å². The molecule has 0 atom stereocenters. The molecule has 0 fully saturated rings. The summed E-state index contributed by atoms with van der Waals surface area (Å²) in [5, 5.41) is 8.15. The molecule has 1 nitrogen and oxygen atoms in total. The van der Waals surface area contributed by atoms with Crippen LogP contribution in [0.25, 0.3) is 43.4 Å². The lowest BCUT2D eigenvalue weighted by Gasteiger charge is -2.31. The summed E-state index contributed by atoms with van der Waals surface area (Å²) in [5.74, 6) is 0. The van der Waals surface area contributed by atoms with Crippen molar-refractivity contribution in [3.8, 4) is 11.1 Å². The van der Waals surface area contributed by atoms with Crippen molar-refractivity contribution >= 4 is 49.4 Å². The zero-order chi connectivity index (χ0) is 28.8. The van der Waals surface area contributed by atoms with Crippen LogP contribution in [0.2, 0.25) is 0 Å². The Balaban J connectivity index is 1.31. The molecule has 0 aliphatic heterocycles. The van der Waals surface area contributed by atoms with Gasteiger partial charge in [0.1, 0.15) is 0 Å². The maximum atomic E-state index is 2.42. The van der Waals surface area contributed by atoms with Gasteiger partial charge in [0.05, 0.1) is 5.41 Å². The molecule has 1 spiro atoms. The number of fused-ring (bicyclic) bond motifs is 10. The summed E-state index contributed by atoms with van der Waals surface area (Å²) in [4.78, 5) is 2.37. The zero-order valence-corrected chi connectivity index (χ0v) is 24.0. The molecule has 0 amide bonds. The molecule has 0 saturated carbocycles. The molecule has 1 heteroatoms. The first-order valence-electron chi connectivity index (χ1n) is 15.4. The highest BCUT2D eigenvalue weighted by Crippen LogP contribution is 2.63. The van der Waals surface area contributed by atoms with Crippen molar-refractivity contribution in [1.82, 2.24) is 0 Å². The molecule has 0 unspecified atom stereocenters. The fraction of sp³-hybridized carbons (Fsp3) is 0.0233. The third kappa shape index (κ3) is 2.89. The van der Waals surface area contributed by atoms with Crippen LogP contribution in [0, 0.1) is 0 Å². The number of nitrogens with zero attached hydrogens (tertiary/aromatic N) is 1. The third-order valence-electron chi connectivity index (χ3n) is 10.0. The van der Waals surface area contributed by atoms with Gasteiger partial charge in [0, 0.05) is 17.1 Å². The Morgan fingerprint density at radius 2 is 0.795 bits per heavy atom. The topological polar surface area (TPSA) is 3.24 Å². The highest BCUT2D eigenvalue weighted by atomic mass is 15.1. The molecule has 0 bridgehead atoms. The van der Waals surface area contributed by atoms with Crippen molar-refractivity contribution in [2.75, 3.05) is 4.90 Å². The molecular formula is C43H27N. The maximum absolute atomic E-state index is 2.42. The Labute approximate surface area is 256 Å². The van der Waals surface area contributed by atoms with Gasteiger partial charge in [-0.1, -0.05) is 127 Å². The fourth-order valence-electron chi connectivity index (χ4n) is 8.41. The van der Waals surface area contributed by atoms with E-state index in [-0.39, 0.29) is 5.41 Å². The van der Waals surface area contributed by atoms with Gasteiger partial charge in [-0.2, -0.15) is 0 Å². The van der Waals surface area contributed by atoms with Crippen molar-refractivity contribution in [3.63, 3.8) is 0 Å². The molecule has 0 N–H and O–H groups in total. The Bertz CT molecular complexity index is 2320. The van der Waals surface area contributed by atoms with E-state index >= 15 is 0 Å². The van der Waals surface area contributed by atoms with Crippen LogP contribution in [0.4, 0.5) is 17.1 Å². The van der Waals surface area contributed by atoms with Crippen molar-refractivity contribution < 1.29 is 0 Å². The van der Waals surface area contributed by atoms with Gasteiger partial charge >= 0.3 is 0 Å². The summed E-state index contributed by atoms with van der Waals surface area (Å²) in [6.07, 6.45) is 0. The van der Waals surface area contributed by atoms with E-state index in [1.165, 1.54) is 65.7 Å². The summed E-state index contributed by atoms with van der Waals surface area (Å²) in [6.45, 7) is 0. The van der Waals surface area contributed by atoms with E-state index in [0.29, 0.717) is 0 Å². The predicted molar refractivity (Wildman–Crippen MR) is 185 cm³/mol. The average molecular weight is 558 g/mol. The predicted octanol–water partition coefficient (Wildman–Crippen LogP) is 11.3. The van der Waals surface area contributed by atoms with E-state index in [0.717, 1.165) is 17.1 Å². The number of hydrogen-bond acceptors (Lipinski definition) is 1. The molecule has 0 aromatic heterocycles. The normalized spacial score (nSPS) is 13.6. The molecule has 2 aliphatic rings. The van der Waals surface area contributed by atoms with Crippen LogP contribution in [0.1, 0.15) is 22.3 Å². The quantitative estimate of drug-likeness (QED) is 0.195. The Morgan fingerprint density at radius 3 is 1.41 bits per heavy atom. The molecule has 8 aromatic carbocycles. The molecule has 8 aromatic rings. The highest BCUT2D eigenvalue weighted by Gasteiger charge is 2.51. The van der Waals surface area contributed by atoms with E-state index in [1.54, 1.807) is 0 Å². The fourth-order valence-corrected chi connectivity index (χ4v) is 8.41. The average Bonchev–Trinajstić information content (AvgIpc) is 3.57. The lowest BCUT2D eigenvalue weighted by molar-refractivity contribution is 0.797. The number of benzene rings is 8. The standard InChI is InChI=1S/C43H27N/c1-3-13-28(14-4-1)44(29-15-5-2-6-16-29)30-25-26-38-36(27-30)33-19-9-10-22-37(33)43(38)39-23-11-20-34-31-17-7-8-18-32(31)35-21-12-24-40(43)42(35)41(34)39/h1-27H. The molecular weight excluding hydrogens is 530 g/mol. The second-order valence-corrected chi connectivity index (χ2v) is 12.0. The van der Waals surface area contributed by atoms with Crippen LogP contribution >= 0.6 is 0 Å². The van der Waals surface area contributed by atoms with Gasteiger partial charge in [-0.25, -0.2) is 0 Å². The Morgan fingerprint density at radius 1 is 0.318 bits per heavy atom. The number of rotatable bonds is 3. The summed E-state index contributed by atoms with van der Waals surface area (Å²) in [7, 11) is 0. The van der Waals surface area contributed by atoms with Gasteiger partial charge < -0.3 is 4.90 Å². The first kappa shape index (κ1) is 23.9. The lowest BCUT2D eigenvalue weighted by Crippen LogP contribution is -2.26. The van der Waals surface area contributed by atoms with Crippen LogP contribution in [-0.4, -0.2) is 0 Å². The molecule has 0 radical (unpaired) electrons. The summed E-state index contributed by atoms with van der Waals surface area (Å²) in [5.41, 5.74) is 11.2. The largest absolute Gasteiger partial charge is 0.310 e. The van der Waals surface area contributed by atoms with Gasteiger partial charge in [-0.3, -0.25) is 0 Å². The van der Waals surface area contributed by atoms with Crippen LogP contribution in [0.15, 0.2) is 164 Å². The van der Waals surface area contributed by atoms with E-state index in [9.17, 15) is 0 Å². The first-order chi connectivity index (χ1) is 21.9. The molecule has 204 valence electrons. The minimum absolute atomic E-state index is 0.368. The van der Waals surface area contributed by atoms with Crippen LogP contribution in [0.3, 0.4) is 0 Å². The summed E-state index contributed by atoms with van der Waals surface area (Å²) >= 11 is 0. The highest BCUT2D eigenvalue weighted by molar-refractivity contribution is 6.29. The van der Waals surface area contributed by atoms with Crippen molar-refractivity contribution in [1.29, 1.82) is 0 Å². The summed E-state index contributed by atoms with van der Waals surface area (Å²) in [6, 6.07) is 60.5. The smallest absolute Gasteiger partial charge is 0.0726 e. The van der Waals surface area contributed by atoms with E-state index in [4.69, 9.17) is 0 Å². The monoisotopic (exact) mass is 557 g/mol. The number of hydrogen-bond donors (Lipinski definition) is 0. The summed E-state index contributed by atoms with van der Waals surface area (Å²) < 4.78 is 0. The van der Waals surface area contributed by atoms with E-state index in [1.807, 2.05) is 0 Å². The van der Waals surface area contributed by atoms with Crippen molar-refractivity contribution in [2.45, 2.75) is 5.41 Å². The second kappa shape index (κ2) is 8.69. The molecule has 2 aliphatic carbocycles. The third-order valence-corrected chi connectivity index (χ3v) is 10.0. The number of para-hydroxylation sites is 2. The molecule has 10 rings (SSSR count). The SMILES string of the molecule is c1ccc(N(c2ccccc2)c2ccc3c(c2)-c2ccccc2C32c3cccc4c5ccccc5c5cccc2c5c34)cc1. The zero-order valence-electron chi connectivity index (χ0n) is 24.0. The van der Waals surface area contributed by atoms with Gasteiger partial charge in [0.15, 0.2) is 0 Å². The molecule has 0 saturated heterocycles. The minimum Gasteiger partial charge on any atom is -0.310 e. The Hall–Kier alpha value is -5.66. The maximum Gasteiger partial charge on any atom is 0.0726 e. The van der Waals surface area contributed by atoms with Gasteiger partial charge in [-0.05, 0) is 102 Å². The van der Waals surface area contributed by atoms with Crippen molar-refractivity contribution in [3.05, 3.63) is 186 Å². The van der Waals surface area contributed by atoms with E-state index < -0.39 is 0 Å². The number of anilines is 3. The van der Waals surface area contributed by atoms with Crippen LogP contribution < -0.4 is 4.90 Å².